The van der Waals surface area contributed by atoms with Crippen LogP contribution >= 0.6 is 0 Å². The smallest absolute Gasteiger partial charge is 0.228 e. The summed E-state index contributed by atoms with van der Waals surface area (Å²) >= 11 is 0. The quantitative estimate of drug-likeness (QED) is 0.481. The molecule has 0 aliphatic heterocycles. The number of fused-ring (bicyclic) bond motifs is 1. The van der Waals surface area contributed by atoms with Gasteiger partial charge in [0, 0.05) is 19.0 Å². The Labute approximate surface area is 173 Å². The van der Waals surface area contributed by atoms with Gasteiger partial charge >= 0.3 is 0 Å². The molecule has 152 valence electrons. The van der Waals surface area contributed by atoms with E-state index in [0.29, 0.717) is 23.0 Å². The van der Waals surface area contributed by atoms with Gasteiger partial charge in [0.05, 0.1) is 16.8 Å². The third-order valence-corrected chi connectivity index (χ3v) is 4.47. The number of hydrogen-bond donors (Lipinski definition) is 1. The van der Waals surface area contributed by atoms with Crippen molar-refractivity contribution in [2.45, 2.75) is 13.5 Å². The maximum Gasteiger partial charge on any atom is 0.228 e. The van der Waals surface area contributed by atoms with Crippen molar-refractivity contribution in [3.05, 3.63) is 66.1 Å². The number of methoxy groups -OCH3 is 1. The molecule has 7 nitrogen and oxygen atoms in total. The average molecular weight is 405 g/mol. The van der Waals surface area contributed by atoms with Crippen molar-refractivity contribution in [2.75, 3.05) is 19.3 Å². The molecule has 1 aromatic carbocycles. The molecule has 0 aliphatic carbocycles. The summed E-state index contributed by atoms with van der Waals surface area (Å²) in [5.74, 6) is 1.56. The highest BCUT2D eigenvalue weighted by atomic mass is 19.1. The van der Waals surface area contributed by atoms with Crippen LogP contribution in [0.2, 0.25) is 0 Å². The third kappa shape index (κ3) is 4.18. The second kappa shape index (κ2) is 8.79. The van der Waals surface area contributed by atoms with Crippen molar-refractivity contribution in [2.24, 2.45) is 0 Å². The average Bonchev–Trinajstić information content (AvgIpc) is 2.75. The molecule has 0 spiro atoms. The highest BCUT2D eigenvalue weighted by Crippen LogP contribution is 2.27. The van der Waals surface area contributed by atoms with Crippen molar-refractivity contribution in [1.82, 2.24) is 19.9 Å². The van der Waals surface area contributed by atoms with Gasteiger partial charge in [0.1, 0.15) is 18.2 Å². The van der Waals surface area contributed by atoms with Gasteiger partial charge < -0.3 is 14.8 Å². The van der Waals surface area contributed by atoms with E-state index in [1.807, 2.05) is 31.2 Å². The van der Waals surface area contributed by atoms with Crippen LogP contribution < -0.4 is 10.1 Å². The van der Waals surface area contributed by atoms with Gasteiger partial charge in [0.2, 0.25) is 6.86 Å². The van der Waals surface area contributed by atoms with Crippen LogP contribution in [0, 0.1) is 6.92 Å². The number of alkyl halides is 1. The number of nitrogens with one attached hydrogen (secondary N) is 1. The highest BCUT2D eigenvalue weighted by Gasteiger charge is 2.12. The lowest BCUT2D eigenvalue weighted by Gasteiger charge is -2.12. The molecule has 0 bridgehead atoms. The zero-order chi connectivity index (χ0) is 20.9. The Kier molecular flexibility index (Phi) is 5.76. The van der Waals surface area contributed by atoms with Crippen molar-refractivity contribution < 1.29 is 13.9 Å². The zero-order valence-corrected chi connectivity index (χ0v) is 16.6. The molecule has 4 aromatic rings. The van der Waals surface area contributed by atoms with Crippen LogP contribution in [-0.4, -0.2) is 33.9 Å². The fourth-order valence-corrected chi connectivity index (χ4v) is 3.06. The Balaban J connectivity index is 1.75. The highest BCUT2D eigenvalue weighted by molar-refractivity contribution is 5.90. The normalized spacial score (nSPS) is 10.9. The van der Waals surface area contributed by atoms with Gasteiger partial charge in [-0.15, -0.1) is 0 Å². The molecular weight excluding hydrogens is 385 g/mol. The van der Waals surface area contributed by atoms with Crippen LogP contribution in [0.5, 0.6) is 5.75 Å². The maximum atomic E-state index is 12.3. The van der Waals surface area contributed by atoms with E-state index < -0.39 is 6.86 Å². The molecule has 0 saturated carbocycles. The van der Waals surface area contributed by atoms with E-state index in [0.717, 1.165) is 28.0 Å². The summed E-state index contributed by atoms with van der Waals surface area (Å²) in [6, 6.07) is 14.6. The molecule has 3 heterocycles. The standard InChI is InChI=1S/C22H20FN5O2/c1-14-4-3-11-24-20(14)18-10-9-17-21(27-19(12-29-2)28-22(17)26-18)25-15-5-7-16(8-6-15)30-13-23/h3-11H,12-13H2,1-2H3,(H,25,26,27,28). The van der Waals surface area contributed by atoms with Crippen molar-refractivity contribution in [3.8, 4) is 17.1 Å². The van der Waals surface area contributed by atoms with Gasteiger partial charge in [-0.1, -0.05) is 6.07 Å². The predicted molar refractivity (Wildman–Crippen MR) is 112 cm³/mol. The van der Waals surface area contributed by atoms with E-state index in [2.05, 4.69) is 20.3 Å². The topological polar surface area (TPSA) is 82.0 Å². The molecule has 0 amide bonds. The number of halogens is 1. The molecule has 3 aromatic heterocycles. The van der Waals surface area contributed by atoms with Gasteiger partial charge in [-0.2, -0.15) is 0 Å². The first kappa shape index (κ1) is 19.7. The van der Waals surface area contributed by atoms with Crippen LogP contribution in [-0.2, 0) is 11.3 Å². The van der Waals surface area contributed by atoms with Crippen molar-refractivity contribution in [1.29, 1.82) is 0 Å². The first-order valence-corrected chi connectivity index (χ1v) is 9.32. The summed E-state index contributed by atoms with van der Waals surface area (Å²) in [6.07, 6.45) is 1.74. The van der Waals surface area contributed by atoms with Gasteiger partial charge in [0.15, 0.2) is 11.5 Å². The Morgan fingerprint density at radius 2 is 1.83 bits per heavy atom. The second-order valence-corrected chi connectivity index (χ2v) is 6.56. The minimum Gasteiger partial charge on any atom is -0.463 e. The predicted octanol–water partition coefficient (Wildman–Crippen LogP) is 4.59. The van der Waals surface area contributed by atoms with Gasteiger partial charge in [-0.05, 0) is 55.0 Å². The molecule has 0 fully saturated rings. The maximum absolute atomic E-state index is 12.3. The van der Waals surface area contributed by atoms with Crippen LogP contribution in [0.4, 0.5) is 15.9 Å². The van der Waals surface area contributed by atoms with E-state index in [1.165, 1.54) is 0 Å². The molecule has 0 aliphatic rings. The monoisotopic (exact) mass is 405 g/mol. The van der Waals surface area contributed by atoms with Gasteiger partial charge in [-0.25, -0.2) is 19.3 Å². The summed E-state index contributed by atoms with van der Waals surface area (Å²) in [7, 11) is 1.59. The van der Waals surface area contributed by atoms with Crippen LogP contribution in [0.3, 0.4) is 0 Å². The summed E-state index contributed by atoms with van der Waals surface area (Å²) < 4.78 is 22.4. The van der Waals surface area contributed by atoms with Crippen molar-refractivity contribution in [3.63, 3.8) is 0 Å². The molecule has 8 heteroatoms. The van der Waals surface area contributed by atoms with Crippen LogP contribution in [0.15, 0.2) is 54.7 Å². The van der Waals surface area contributed by atoms with Gasteiger partial charge in [0.25, 0.3) is 0 Å². The third-order valence-electron chi connectivity index (χ3n) is 4.47. The number of rotatable bonds is 7. The fourth-order valence-electron chi connectivity index (χ4n) is 3.06. The van der Waals surface area contributed by atoms with Crippen molar-refractivity contribution >= 4 is 22.5 Å². The molecular formula is C22H20FN5O2. The fraction of sp³-hybridized carbons (Fsp3) is 0.182. The second-order valence-electron chi connectivity index (χ2n) is 6.56. The number of aromatic nitrogens is 4. The molecule has 0 saturated heterocycles. The number of anilines is 2. The van der Waals surface area contributed by atoms with Crippen LogP contribution in [0.1, 0.15) is 11.4 Å². The number of ether oxygens (including phenoxy) is 2. The van der Waals surface area contributed by atoms with Crippen LogP contribution in [0.25, 0.3) is 22.4 Å². The lowest BCUT2D eigenvalue weighted by Crippen LogP contribution is -2.04. The SMILES string of the molecule is COCc1nc(Nc2ccc(OCF)cc2)c2ccc(-c3ncccc3C)nc2n1. The molecule has 4 rings (SSSR count). The molecule has 1 N–H and O–H groups in total. The summed E-state index contributed by atoms with van der Waals surface area (Å²) in [4.78, 5) is 18.3. The number of benzene rings is 1. The number of aryl methyl sites for hydroxylation is 1. The molecule has 0 atom stereocenters. The number of nitrogens with zero attached hydrogens (tertiary/aromatic N) is 4. The Morgan fingerprint density at radius 1 is 1.00 bits per heavy atom. The van der Waals surface area contributed by atoms with E-state index in [-0.39, 0.29) is 6.61 Å². The lowest BCUT2D eigenvalue weighted by atomic mass is 10.1. The molecule has 0 unspecified atom stereocenters. The first-order valence-electron chi connectivity index (χ1n) is 9.32. The Bertz CT molecular complexity index is 1170. The largest absolute Gasteiger partial charge is 0.463 e. The van der Waals surface area contributed by atoms with E-state index in [1.54, 1.807) is 37.6 Å². The summed E-state index contributed by atoms with van der Waals surface area (Å²) in [5.41, 5.74) is 3.89. The Morgan fingerprint density at radius 3 is 2.57 bits per heavy atom. The summed E-state index contributed by atoms with van der Waals surface area (Å²) in [5, 5.41) is 4.03. The minimum absolute atomic E-state index is 0.252. The zero-order valence-electron chi connectivity index (χ0n) is 16.6. The number of pyridine rings is 2. The first-order chi connectivity index (χ1) is 14.7. The van der Waals surface area contributed by atoms with E-state index in [4.69, 9.17) is 14.5 Å². The molecule has 30 heavy (non-hydrogen) atoms. The lowest BCUT2D eigenvalue weighted by molar-refractivity contribution is 0.178. The number of hydrogen-bond acceptors (Lipinski definition) is 7. The van der Waals surface area contributed by atoms with E-state index in [9.17, 15) is 4.39 Å². The minimum atomic E-state index is -0.868. The van der Waals surface area contributed by atoms with E-state index >= 15 is 0 Å². The Hall–Kier alpha value is -3.65. The van der Waals surface area contributed by atoms with Gasteiger partial charge in [-0.3, -0.25) is 4.98 Å². The summed E-state index contributed by atoms with van der Waals surface area (Å²) in [6.45, 7) is 1.38. The molecule has 0 radical (unpaired) electrons.